The summed E-state index contributed by atoms with van der Waals surface area (Å²) in [5, 5.41) is 13.9. The molecule has 6 heteroatoms. The second-order valence-electron chi connectivity index (χ2n) is 4.84. The number of nitrogens with one attached hydrogen (secondary N) is 1. The van der Waals surface area contributed by atoms with Crippen molar-refractivity contribution in [2.75, 3.05) is 11.9 Å². The standard InChI is InChI=1S/C12H16BrN3O2/c1-2-12(4-3-5-12)8-15-11-10(13)6-9(7-14-11)16(17)18/h6-7H,2-5,8H2,1H3,(H,14,15). The maximum Gasteiger partial charge on any atom is 0.288 e. The quantitative estimate of drug-likeness (QED) is 0.664. The highest BCUT2D eigenvalue weighted by atomic mass is 79.9. The SMILES string of the molecule is CCC1(CNc2ncc([N+](=O)[O-])cc2Br)CCC1. The minimum Gasteiger partial charge on any atom is -0.369 e. The normalized spacial score (nSPS) is 17.0. The van der Waals surface area contributed by atoms with Gasteiger partial charge in [-0.15, -0.1) is 0 Å². The second kappa shape index (κ2) is 5.22. The van der Waals surface area contributed by atoms with E-state index in [1.54, 1.807) is 0 Å². The topological polar surface area (TPSA) is 68.1 Å². The van der Waals surface area contributed by atoms with Gasteiger partial charge in [0.2, 0.25) is 0 Å². The van der Waals surface area contributed by atoms with E-state index in [2.05, 4.69) is 33.2 Å². The maximum atomic E-state index is 10.6. The van der Waals surface area contributed by atoms with Crippen LogP contribution in [0, 0.1) is 15.5 Å². The van der Waals surface area contributed by atoms with Crippen molar-refractivity contribution in [2.24, 2.45) is 5.41 Å². The van der Waals surface area contributed by atoms with E-state index in [1.807, 2.05) is 0 Å². The third-order valence-corrected chi connectivity index (χ3v) is 4.44. The Hall–Kier alpha value is -1.17. The van der Waals surface area contributed by atoms with Crippen LogP contribution in [-0.4, -0.2) is 16.5 Å². The van der Waals surface area contributed by atoms with E-state index in [9.17, 15) is 10.1 Å². The molecule has 0 bridgehead atoms. The fourth-order valence-corrected chi connectivity index (χ4v) is 2.74. The Morgan fingerprint density at radius 2 is 2.33 bits per heavy atom. The van der Waals surface area contributed by atoms with Gasteiger partial charge >= 0.3 is 0 Å². The van der Waals surface area contributed by atoms with Crippen LogP contribution in [0.4, 0.5) is 11.5 Å². The Kier molecular flexibility index (Phi) is 3.85. The zero-order valence-corrected chi connectivity index (χ0v) is 11.9. The van der Waals surface area contributed by atoms with Gasteiger partial charge < -0.3 is 5.32 Å². The summed E-state index contributed by atoms with van der Waals surface area (Å²) in [6, 6.07) is 1.48. The van der Waals surface area contributed by atoms with Crippen LogP contribution in [0.25, 0.3) is 0 Å². The van der Waals surface area contributed by atoms with E-state index >= 15 is 0 Å². The molecular weight excluding hydrogens is 298 g/mol. The minimum atomic E-state index is -0.443. The Labute approximate surface area is 114 Å². The van der Waals surface area contributed by atoms with E-state index in [0.717, 1.165) is 13.0 Å². The molecule has 0 radical (unpaired) electrons. The molecule has 0 unspecified atom stereocenters. The van der Waals surface area contributed by atoms with Crippen molar-refractivity contribution >= 4 is 27.4 Å². The number of rotatable bonds is 5. The van der Waals surface area contributed by atoms with Crippen molar-refractivity contribution in [3.05, 3.63) is 26.9 Å². The molecule has 1 heterocycles. The number of hydrogen-bond acceptors (Lipinski definition) is 4. The molecule has 0 aliphatic heterocycles. The lowest BCUT2D eigenvalue weighted by Crippen LogP contribution is -2.36. The molecule has 1 aromatic heterocycles. The highest BCUT2D eigenvalue weighted by Crippen LogP contribution is 2.43. The van der Waals surface area contributed by atoms with E-state index in [0.29, 0.717) is 15.7 Å². The van der Waals surface area contributed by atoms with Crippen molar-refractivity contribution in [2.45, 2.75) is 32.6 Å². The number of hydrogen-bond donors (Lipinski definition) is 1. The van der Waals surface area contributed by atoms with E-state index < -0.39 is 4.92 Å². The van der Waals surface area contributed by atoms with Gasteiger partial charge in [-0.1, -0.05) is 13.3 Å². The molecule has 18 heavy (non-hydrogen) atoms. The first-order chi connectivity index (χ1) is 8.56. The van der Waals surface area contributed by atoms with Gasteiger partial charge in [0.1, 0.15) is 12.0 Å². The molecule has 0 atom stereocenters. The van der Waals surface area contributed by atoms with Crippen molar-refractivity contribution in [3.8, 4) is 0 Å². The van der Waals surface area contributed by atoms with Gasteiger partial charge in [-0.25, -0.2) is 4.98 Å². The number of aromatic nitrogens is 1. The summed E-state index contributed by atoms with van der Waals surface area (Å²) in [4.78, 5) is 14.3. The molecule has 1 fully saturated rings. The van der Waals surface area contributed by atoms with Gasteiger partial charge in [0, 0.05) is 12.6 Å². The van der Waals surface area contributed by atoms with Crippen LogP contribution in [0.2, 0.25) is 0 Å². The minimum absolute atomic E-state index is 0.00118. The summed E-state index contributed by atoms with van der Waals surface area (Å²) in [5.41, 5.74) is 0.393. The Bertz CT molecular complexity index is 455. The fourth-order valence-electron chi connectivity index (χ4n) is 2.26. The van der Waals surface area contributed by atoms with Gasteiger partial charge in [-0.3, -0.25) is 10.1 Å². The van der Waals surface area contributed by atoms with Gasteiger partial charge in [0.15, 0.2) is 0 Å². The molecule has 98 valence electrons. The number of anilines is 1. The number of nitro groups is 1. The number of halogens is 1. The molecule has 1 N–H and O–H groups in total. The number of nitrogens with zero attached hydrogens (tertiary/aromatic N) is 2. The summed E-state index contributed by atoms with van der Waals surface area (Å²) in [7, 11) is 0. The van der Waals surface area contributed by atoms with Crippen LogP contribution in [0.3, 0.4) is 0 Å². The van der Waals surface area contributed by atoms with Gasteiger partial charge in [0.25, 0.3) is 5.69 Å². The lowest BCUT2D eigenvalue weighted by molar-refractivity contribution is -0.385. The lowest BCUT2D eigenvalue weighted by Gasteiger charge is -2.41. The van der Waals surface area contributed by atoms with Crippen LogP contribution < -0.4 is 5.32 Å². The first-order valence-corrected chi connectivity index (χ1v) is 6.89. The zero-order valence-electron chi connectivity index (χ0n) is 10.3. The van der Waals surface area contributed by atoms with Gasteiger partial charge in [-0.2, -0.15) is 0 Å². The Morgan fingerprint density at radius 1 is 1.61 bits per heavy atom. The third-order valence-electron chi connectivity index (χ3n) is 3.83. The molecule has 1 aliphatic carbocycles. The second-order valence-corrected chi connectivity index (χ2v) is 5.70. The average Bonchev–Trinajstić information content (AvgIpc) is 2.29. The first kappa shape index (κ1) is 13.3. The summed E-state index contributed by atoms with van der Waals surface area (Å²) in [5.74, 6) is 0.681. The summed E-state index contributed by atoms with van der Waals surface area (Å²) in [6.45, 7) is 3.09. The van der Waals surface area contributed by atoms with Crippen LogP contribution in [0.15, 0.2) is 16.7 Å². The Balaban J connectivity index is 2.03. The largest absolute Gasteiger partial charge is 0.369 e. The highest BCUT2D eigenvalue weighted by molar-refractivity contribution is 9.10. The van der Waals surface area contributed by atoms with Crippen molar-refractivity contribution in [1.29, 1.82) is 0 Å². The summed E-state index contributed by atoms with van der Waals surface area (Å²) >= 11 is 3.32. The van der Waals surface area contributed by atoms with Crippen LogP contribution in [0.1, 0.15) is 32.6 Å². The highest BCUT2D eigenvalue weighted by Gasteiger charge is 2.34. The lowest BCUT2D eigenvalue weighted by atomic mass is 9.67. The average molecular weight is 314 g/mol. The molecule has 0 amide bonds. The van der Waals surface area contributed by atoms with Crippen molar-refractivity contribution in [1.82, 2.24) is 4.98 Å². The molecule has 0 saturated heterocycles. The zero-order chi connectivity index (χ0) is 13.2. The summed E-state index contributed by atoms with van der Waals surface area (Å²) < 4.78 is 0.641. The van der Waals surface area contributed by atoms with Crippen LogP contribution in [-0.2, 0) is 0 Å². The fraction of sp³-hybridized carbons (Fsp3) is 0.583. The molecule has 1 saturated carbocycles. The molecule has 1 aromatic rings. The number of pyridine rings is 1. The van der Waals surface area contributed by atoms with Gasteiger partial charge in [0.05, 0.1) is 9.40 Å². The van der Waals surface area contributed by atoms with Crippen LogP contribution in [0.5, 0.6) is 0 Å². The van der Waals surface area contributed by atoms with Crippen molar-refractivity contribution < 1.29 is 4.92 Å². The molecule has 1 aliphatic rings. The molecule has 5 nitrogen and oxygen atoms in total. The predicted octanol–water partition coefficient (Wildman–Crippen LogP) is 3.74. The third kappa shape index (κ3) is 2.63. The molecule has 0 aromatic carbocycles. The molecular formula is C12H16BrN3O2. The summed E-state index contributed by atoms with van der Waals surface area (Å²) in [6.07, 6.45) is 6.24. The molecule has 0 spiro atoms. The van der Waals surface area contributed by atoms with Gasteiger partial charge in [-0.05, 0) is 40.6 Å². The van der Waals surface area contributed by atoms with Crippen molar-refractivity contribution in [3.63, 3.8) is 0 Å². The first-order valence-electron chi connectivity index (χ1n) is 6.10. The monoisotopic (exact) mass is 313 g/mol. The van der Waals surface area contributed by atoms with Crippen LogP contribution >= 0.6 is 15.9 Å². The van der Waals surface area contributed by atoms with E-state index in [-0.39, 0.29) is 5.69 Å². The predicted molar refractivity (Wildman–Crippen MR) is 73.7 cm³/mol. The maximum absolute atomic E-state index is 10.6. The Morgan fingerprint density at radius 3 is 2.78 bits per heavy atom. The molecule has 2 rings (SSSR count). The smallest absolute Gasteiger partial charge is 0.288 e. The van der Waals surface area contributed by atoms with E-state index in [4.69, 9.17) is 0 Å². The van der Waals surface area contributed by atoms with E-state index in [1.165, 1.54) is 31.5 Å².